The van der Waals surface area contributed by atoms with Gasteiger partial charge in [-0.2, -0.15) is 18.2 Å². The lowest BCUT2D eigenvalue weighted by molar-refractivity contribution is -0.137. The highest BCUT2D eigenvalue weighted by Crippen LogP contribution is 2.39. The van der Waals surface area contributed by atoms with Crippen molar-refractivity contribution in [1.82, 2.24) is 19.5 Å². The number of imidazole rings is 1. The number of benzene rings is 2. The van der Waals surface area contributed by atoms with Gasteiger partial charge in [-0.25, -0.2) is 18.7 Å². The highest BCUT2D eigenvalue weighted by Gasteiger charge is 2.35. The molecule has 2 aromatic carbocycles. The summed E-state index contributed by atoms with van der Waals surface area (Å²) in [7, 11) is 0. The van der Waals surface area contributed by atoms with Gasteiger partial charge in [0.25, 0.3) is 12.4 Å². The average molecular weight is 588 g/mol. The Kier molecular flexibility index (Phi) is 6.44. The van der Waals surface area contributed by atoms with Crippen LogP contribution in [0.25, 0.3) is 33.1 Å². The molecular formula is C29H26F5N5O3. The van der Waals surface area contributed by atoms with Gasteiger partial charge in [0.15, 0.2) is 17.2 Å². The van der Waals surface area contributed by atoms with E-state index in [2.05, 4.69) is 15.0 Å². The monoisotopic (exact) mass is 587 g/mol. The number of halogens is 5. The molecule has 220 valence electrons. The van der Waals surface area contributed by atoms with E-state index in [1.54, 1.807) is 24.3 Å². The molecule has 13 heteroatoms. The fraction of sp³-hybridized carbons (Fsp3) is 0.414. The number of alkyl halides is 5. The predicted molar refractivity (Wildman–Crippen MR) is 144 cm³/mol. The minimum Gasteiger partial charge on any atom is -0.459 e. The largest absolute Gasteiger partial charge is 0.459 e. The van der Waals surface area contributed by atoms with Crippen LogP contribution in [0.4, 0.5) is 27.8 Å². The van der Waals surface area contributed by atoms with Gasteiger partial charge in [-0.1, -0.05) is 19.1 Å². The van der Waals surface area contributed by atoms with E-state index in [4.69, 9.17) is 13.9 Å². The molecule has 8 nitrogen and oxygen atoms in total. The number of fused-ring (bicyclic) bond motifs is 4. The fourth-order valence-corrected chi connectivity index (χ4v) is 5.98. The minimum absolute atomic E-state index is 0.0797. The molecule has 2 aliphatic heterocycles. The van der Waals surface area contributed by atoms with Crippen LogP contribution in [-0.4, -0.2) is 51.9 Å². The number of nitrogens with zero attached hydrogens (tertiary/aromatic N) is 5. The number of anilines is 1. The third-order valence-electron chi connectivity index (χ3n) is 8.04. The number of furan rings is 1. The van der Waals surface area contributed by atoms with E-state index in [1.807, 2.05) is 16.4 Å². The van der Waals surface area contributed by atoms with Gasteiger partial charge in [-0.15, -0.1) is 0 Å². The van der Waals surface area contributed by atoms with Gasteiger partial charge in [-0.05, 0) is 36.8 Å². The van der Waals surface area contributed by atoms with Gasteiger partial charge in [0, 0.05) is 36.9 Å². The lowest BCUT2D eigenvalue weighted by Gasteiger charge is -2.31. The van der Waals surface area contributed by atoms with Crippen LogP contribution >= 0.6 is 0 Å². The molecule has 0 radical (unpaired) electrons. The molecule has 7 rings (SSSR count). The normalized spacial score (nSPS) is 21.8. The van der Waals surface area contributed by atoms with Crippen molar-refractivity contribution < 1.29 is 35.8 Å². The average Bonchev–Trinajstić information content (AvgIpc) is 3.67. The molecule has 0 saturated carbocycles. The highest BCUT2D eigenvalue weighted by molar-refractivity contribution is 6.05. The molecule has 3 atom stereocenters. The maximum atomic E-state index is 13.8. The SMILES string of the molecule is CC1COCC[C@H]1n1c(O[C@H]2CCN(c3nc(C(F)F)nc4c3oc3ccccc34)C2)nc2cc(C(F)(F)F)ccc21. The Hall–Kier alpha value is -4.00. The molecule has 0 spiro atoms. The quantitative estimate of drug-likeness (QED) is 0.206. The number of ether oxygens (including phenoxy) is 2. The third-order valence-corrected chi connectivity index (χ3v) is 8.04. The molecule has 0 N–H and O–H groups in total. The first-order valence-electron chi connectivity index (χ1n) is 13.7. The molecule has 2 saturated heterocycles. The van der Waals surface area contributed by atoms with Crippen molar-refractivity contribution >= 4 is 38.9 Å². The van der Waals surface area contributed by atoms with E-state index in [0.717, 1.165) is 12.1 Å². The van der Waals surface area contributed by atoms with E-state index in [0.29, 0.717) is 60.2 Å². The zero-order valence-corrected chi connectivity index (χ0v) is 22.4. The Morgan fingerprint density at radius 1 is 1.05 bits per heavy atom. The van der Waals surface area contributed by atoms with E-state index >= 15 is 0 Å². The van der Waals surface area contributed by atoms with Gasteiger partial charge in [0.05, 0.1) is 29.7 Å². The number of rotatable bonds is 5. The van der Waals surface area contributed by atoms with Crippen molar-refractivity contribution in [3.8, 4) is 6.01 Å². The minimum atomic E-state index is -4.51. The fourth-order valence-electron chi connectivity index (χ4n) is 5.98. The van der Waals surface area contributed by atoms with Crippen LogP contribution in [0.3, 0.4) is 0 Å². The maximum Gasteiger partial charge on any atom is 0.416 e. The lowest BCUT2D eigenvalue weighted by Crippen LogP contribution is -2.30. The van der Waals surface area contributed by atoms with Crippen LogP contribution in [0.5, 0.6) is 6.01 Å². The summed E-state index contributed by atoms with van der Waals surface area (Å²) in [5.74, 6) is -0.265. The van der Waals surface area contributed by atoms with Gasteiger partial charge < -0.3 is 18.8 Å². The summed E-state index contributed by atoms with van der Waals surface area (Å²) in [5, 5.41) is 0.613. The summed E-state index contributed by atoms with van der Waals surface area (Å²) in [5.41, 5.74) is 1.09. The van der Waals surface area contributed by atoms with Crippen molar-refractivity contribution in [2.24, 2.45) is 5.92 Å². The lowest BCUT2D eigenvalue weighted by atomic mass is 9.97. The molecule has 5 aromatic rings. The van der Waals surface area contributed by atoms with Crippen LogP contribution in [0.2, 0.25) is 0 Å². The molecule has 2 aliphatic rings. The van der Waals surface area contributed by atoms with Crippen LogP contribution in [0, 0.1) is 5.92 Å². The van der Waals surface area contributed by atoms with Crippen molar-refractivity contribution in [3.63, 3.8) is 0 Å². The van der Waals surface area contributed by atoms with Crippen LogP contribution in [-0.2, 0) is 10.9 Å². The maximum absolute atomic E-state index is 13.8. The number of aromatic nitrogens is 4. The molecule has 2 fully saturated rings. The topological polar surface area (TPSA) is 78.4 Å². The van der Waals surface area contributed by atoms with Crippen molar-refractivity contribution in [3.05, 3.63) is 53.9 Å². The predicted octanol–water partition coefficient (Wildman–Crippen LogP) is 6.94. The second-order valence-corrected chi connectivity index (χ2v) is 10.8. The smallest absolute Gasteiger partial charge is 0.416 e. The molecule has 0 aliphatic carbocycles. The van der Waals surface area contributed by atoms with E-state index in [-0.39, 0.29) is 35.8 Å². The Labute approximate surface area is 236 Å². The summed E-state index contributed by atoms with van der Waals surface area (Å²) < 4.78 is 87.9. The number of hydrogen-bond acceptors (Lipinski definition) is 7. The van der Waals surface area contributed by atoms with Crippen LogP contribution < -0.4 is 9.64 Å². The second kappa shape index (κ2) is 10.1. The summed E-state index contributed by atoms with van der Waals surface area (Å²) in [6.45, 7) is 3.76. The first-order chi connectivity index (χ1) is 20.2. The zero-order valence-electron chi connectivity index (χ0n) is 22.4. The summed E-state index contributed by atoms with van der Waals surface area (Å²) >= 11 is 0. The van der Waals surface area contributed by atoms with Crippen molar-refractivity contribution in [2.75, 3.05) is 31.2 Å². The van der Waals surface area contributed by atoms with Crippen LogP contribution in [0.1, 0.15) is 43.6 Å². The van der Waals surface area contributed by atoms with Gasteiger partial charge in [0.2, 0.25) is 0 Å². The van der Waals surface area contributed by atoms with Crippen molar-refractivity contribution in [1.29, 1.82) is 0 Å². The molecule has 3 aromatic heterocycles. The summed E-state index contributed by atoms with van der Waals surface area (Å²) in [6, 6.07) is 10.7. The molecule has 0 amide bonds. The highest BCUT2D eigenvalue weighted by atomic mass is 19.4. The molecular weight excluding hydrogens is 561 g/mol. The van der Waals surface area contributed by atoms with E-state index < -0.39 is 30.1 Å². The molecule has 0 bridgehead atoms. The van der Waals surface area contributed by atoms with Crippen LogP contribution in [0.15, 0.2) is 46.9 Å². The third kappa shape index (κ3) is 4.59. The Morgan fingerprint density at radius 2 is 1.88 bits per heavy atom. The zero-order chi connectivity index (χ0) is 29.2. The summed E-state index contributed by atoms with van der Waals surface area (Å²) in [6.07, 6.45) is -6.65. The number of hydrogen-bond donors (Lipinski definition) is 0. The van der Waals surface area contributed by atoms with Gasteiger partial charge >= 0.3 is 6.18 Å². The molecule has 42 heavy (non-hydrogen) atoms. The molecule has 1 unspecified atom stereocenters. The standard InChI is InChI=1S/C29H26F5N5O3/c1-15-14-40-11-9-20(15)39-21-7-6-16(29(32,33)34)12-19(21)35-28(39)41-17-8-10-38(13-17)27-24-23(36-26(37-27)25(30)31)18-4-2-3-5-22(18)42-24/h2-7,12,15,17,20,25H,8-11,13-14H2,1H3/t15?,17-,20+/m0/s1. The second-order valence-electron chi connectivity index (χ2n) is 10.8. The Bertz CT molecular complexity index is 1780. The first-order valence-corrected chi connectivity index (χ1v) is 13.7. The van der Waals surface area contributed by atoms with E-state index in [9.17, 15) is 22.0 Å². The van der Waals surface area contributed by atoms with Gasteiger partial charge in [-0.3, -0.25) is 4.57 Å². The Balaban J connectivity index is 1.24. The van der Waals surface area contributed by atoms with Gasteiger partial charge in [0.1, 0.15) is 17.2 Å². The number of para-hydroxylation sites is 1. The summed E-state index contributed by atoms with van der Waals surface area (Å²) in [4.78, 5) is 14.6. The van der Waals surface area contributed by atoms with E-state index in [1.165, 1.54) is 6.07 Å². The first kappa shape index (κ1) is 26.9. The molecule has 5 heterocycles. The van der Waals surface area contributed by atoms with Crippen molar-refractivity contribution in [2.45, 2.75) is 44.5 Å². The Morgan fingerprint density at radius 3 is 2.67 bits per heavy atom.